The van der Waals surface area contributed by atoms with Crippen LogP contribution in [0.25, 0.3) is 0 Å². The quantitative estimate of drug-likeness (QED) is 0.333. The molecule has 32 heavy (non-hydrogen) atoms. The average molecular weight is 732 g/mol. The van der Waals surface area contributed by atoms with Crippen LogP contribution in [0.3, 0.4) is 0 Å². The van der Waals surface area contributed by atoms with Crippen molar-refractivity contribution in [1.29, 1.82) is 0 Å². The topological polar surface area (TPSA) is 58.2 Å². The van der Waals surface area contributed by atoms with Crippen molar-refractivity contribution < 1.29 is 131 Å². The number of hydrogen-bond acceptors (Lipinski definition) is 4. The predicted octanol–water partition coefficient (Wildman–Crippen LogP) is 5.81. The molecule has 0 heterocycles. The molecule has 0 aliphatic carbocycles. The molecule has 0 fully saturated rings. The summed E-state index contributed by atoms with van der Waals surface area (Å²) in [6.45, 7) is 4.00. The fourth-order valence-electron chi connectivity index (χ4n) is 2.26. The number of para-hydroxylation sites is 2. The number of benzene rings is 1. The zero-order valence-electron chi connectivity index (χ0n) is 19.2. The summed E-state index contributed by atoms with van der Waals surface area (Å²) in [5.41, 5.74) is 2.15. The third-order valence-electron chi connectivity index (χ3n) is 3.46. The fourth-order valence-corrected chi connectivity index (χ4v) is 2.26. The van der Waals surface area contributed by atoms with Crippen LogP contribution >= 0.6 is 0 Å². The molecule has 0 aliphatic rings. The molecule has 3 aromatic rings. The van der Waals surface area contributed by atoms with Crippen LogP contribution in [0, 0.1) is 14.9 Å². The predicted molar refractivity (Wildman–Crippen MR) is 123 cm³/mol. The molecule has 0 unspecified atom stereocenters. The third kappa shape index (κ3) is 14.4. The van der Waals surface area contributed by atoms with Gasteiger partial charge in [-0.05, 0) is 36.4 Å². The monoisotopic (exact) mass is 732 g/mol. The van der Waals surface area contributed by atoms with E-state index in [0.29, 0.717) is 22.7 Å². The van der Waals surface area contributed by atoms with Crippen molar-refractivity contribution in [3.8, 4) is 0 Å². The molecule has 2 N–H and O–H groups in total. The van der Waals surface area contributed by atoms with Crippen molar-refractivity contribution in [2.45, 2.75) is 13.8 Å². The molecular formula is C24H28N2O2Y4-2. The minimum Gasteiger partial charge on any atom is -0.358 e. The smallest absolute Gasteiger partial charge is 0.201 e. The summed E-state index contributed by atoms with van der Waals surface area (Å²) in [6, 6.07) is 24.5. The first-order valence-corrected chi connectivity index (χ1v) is 8.56. The molecule has 160 valence electrons. The molecule has 3 aromatic carbocycles. The molecule has 3 rings (SSSR count). The van der Waals surface area contributed by atoms with Gasteiger partial charge in [0, 0.05) is 131 Å². The van der Waals surface area contributed by atoms with Crippen molar-refractivity contribution in [3.63, 3.8) is 0 Å². The fraction of sp³-hybridized carbons (Fsp3) is 0.0833. The molecule has 0 atom stereocenters. The first-order valence-electron chi connectivity index (χ1n) is 8.56. The van der Waals surface area contributed by atoms with Crippen LogP contribution in [0.5, 0.6) is 0 Å². The first-order chi connectivity index (χ1) is 12.7. The maximum absolute atomic E-state index is 12.1. The van der Waals surface area contributed by atoms with E-state index < -0.39 is 0 Å². The largest absolute Gasteiger partial charge is 0.358 e. The Kier molecular flexibility index (Phi) is 33.8. The Bertz CT molecular complexity index is 909. The van der Waals surface area contributed by atoms with Gasteiger partial charge in [0.2, 0.25) is 10.9 Å². The van der Waals surface area contributed by atoms with Crippen LogP contribution in [-0.2, 0) is 131 Å². The molecule has 8 heteroatoms. The van der Waals surface area contributed by atoms with Crippen LogP contribution in [0.2, 0.25) is 0 Å². The second-order valence-corrected chi connectivity index (χ2v) is 5.17. The van der Waals surface area contributed by atoms with Gasteiger partial charge >= 0.3 is 0 Å². The number of anilines is 4. The van der Waals surface area contributed by atoms with E-state index in [4.69, 9.17) is 0 Å². The van der Waals surface area contributed by atoms with E-state index in [0.717, 1.165) is 0 Å². The Hall–Kier alpha value is 1.02. The van der Waals surface area contributed by atoms with E-state index in [1.165, 1.54) is 12.1 Å². The molecule has 0 bridgehead atoms. The van der Waals surface area contributed by atoms with E-state index in [1.54, 1.807) is 48.5 Å². The maximum atomic E-state index is 12.1. The van der Waals surface area contributed by atoms with Gasteiger partial charge in [-0.2, -0.15) is 0 Å². The van der Waals surface area contributed by atoms with Gasteiger partial charge in [0.1, 0.15) is 0 Å². The van der Waals surface area contributed by atoms with Crippen LogP contribution in [-0.4, -0.2) is 0 Å². The van der Waals surface area contributed by atoms with Gasteiger partial charge in [-0.25, -0.2) is 0 Å². The zero-order valence-corrected chi connectivity index (χ0v) is 30.6. The van der Waals surface area contributed by atoms with Gasteiger partial charge < -0.3 is 25.5 Å². The summed E-state index contributed by atoms with van der Waals surface area (Å²) in [4.78, 5) is 24.1. The Morgan fingerprint density at radius 3 is 1.03 bits per heavy atom. The van der Waals surface area contributed by atoms with Gasteiger partial charge in [0.15, 0.2) is 0 Å². The summed E-state index contributed by atoms with van der Waals surface area (Å²) in [7, 11) is 0. The third-order valence-corrected chi connectivity index (χ3v) is 3.46. The minimum absolute atomic E-state index is 0. The zero-order chi connectivity index (χ0) is 18.8. The molecule has 0 aliphatic heterocycles. The molecule has 0 spiro atoms. The molecule has 0 aromatic heterocycles. The Balaban J connectivity index is -0.000000295. The molecule has 4 nitrogen and oxygen atoms in total. The second-order valence-electron chi connectivity index (χ2n) is 5.17. The Morgan fingerprint density at radius 1 is 0.438 bits per heavy atom. The number of hydrogen-bond donors (Lipinski definition) is 2. The molecule has 0 saturated carbocycles. The summed E-state index contributed by atoms with van der Waals surface area (Å²) >= 11 is 0. The van der Waals surface area contributed by atoms with E-state index >= 15 is 0 Å². The van der Waals surface area contributed by atoms with Crippen molar-refractivity contribution in [3.05, 3.63) is 120 Å². The van der Waals surface area contributed by atoms with Crippen molar-refractivity contribution in [2.24, 2.45) is 0 Å². The van der Waals surface area contributed by atoms with Crippen LogP contribution < -0.4 is 21.5 Å². The Morgan fingerprint density at radius 2 is 0.688 bits per heavy atom. The summed E-state index contributed by atoms with van der Waals surface area (Å²) in [5, 5.41) is 6.26. The maximum Gasteiger partial charge on any atom is 0.201 e. The average Bonchev–Trinajstić information content (AvgIpc) is 2.99. The van der Waals surface area contributed by atoms with Crippen LogP contribution in [0.15, 0.2) is 94.5 Å². The van der Waals surface area contributed by atoms with Crippen molar-refractivity contribution >= 4 is 22.7 Å². The summed E-state index contributed by atoms with van der Waals surface area (Å²) in [5.74, 6) is 0. The molecule has 0 amide bonds. The normalized spacial score (nSPS) is 7.69. The van der Waals surface area contributed by atoms with Gasteiger partial charge in [0.25, 0.3) is 0 Å². The van der Waals surface area contributed by atoms with E-state index in [2.05, 4.69) is 10.6 Å². The van der Waals surface area contributed by atoms with Crippen LogP contribution in [0.4, 0.5) is 22.7 Å². The molecule has 4 radical (unpaired) electrons. The molecule has 0 saturated heterocycles. The van der Waals surface area contributed by atoms with Crippen LogP contribution in [0.1, 0.15) is 13.8 Å². The molecular weight excluding hydrogens is 704 g/mol. The minimum atomic E-state index is -0.106. The van der Waals surface area contributed by atoms with E-state index in [-0.39, 0.29) is 157 Å². The van der Waals surface area contributed by atoms with E-state index in [1.807, 2.05) is 38.1 Å². The van der Waals surface area contributed by atoms with Gasteiger partial charge in [-0.3, -0.25) is 9.59 Å². The summed E-state index contributed by atoms with van der Waals surface area (Å²) in [6.07, 6.45) is 0. The first kappa shape index (κ1) is 43.1. The van der Waals surface area contributed by atoms with Crippen molar-refractivity contribution in [1.82, 2.24) is 0 Å². The standard InChI is InChI=1S/C20H16N2O2.C2H6.2CH3.4Y/c23-19-13-5-1-3-11-17(19)21-15-9-7-8-10-16(15)22-18-12-4-2-6-14-20(18)24;1-2;;;;;;/h1-14H,(H,21,23)(H,22,24);1-2H3;2*1H3;;;;/q;;2*-1;;;;. The van der Waals surface area contributed by atoms with Gasteiger partial charge in [0.05, 0.1) is 22.7 Å². The van der Waals surface area contributed by atoms with Gasteiger partial charge in [-0.15, -0.1) is 0 Å². The summed E-state index contributed by atoms with van der Waals surface area (Å²) < 4.78 is 0. The SMILES string of the molecule is CC.O=c1cccccc1Nc1ccccc1Nc1cccccc1=O.[CH3-].[CH3-].[Y].[Y].[Y].[Y]. The Labute approximate surface area is 293 Å². The number of rotatable bonds is 4. The van der Waals surface area contributed by atoms with Crippen molar-refractivity contribution in [2.75, 3.05) is 10.6 Å². The number of nitrogens with one attached hydrogen (secondary N) is 2. The second kappa shape index (κ2) is 25.1. The van der Waals surface area contributed by atoms with Gasteiger partial charge in [-0.1, -0.05) is 62.4 Å². The van der Waals surface area contributed by atoms with E-state index in [9.17, 15) is 9.59 Å².